The maximum absolute atomic E-state index is 12.1. The number of aliphatic hydroxyl groups is 1. The van der Waals surface area contributed by atoms with Crippen molar-refractivity contribution in [2.24, 2.45) is 0 Å². The van der Waals surface area contributed by atoms with Crippen molar-refractivity contribution >= 4 is 0 Å². The number of morpholine rings is 1. The Morgan fingerprint density at radius 2 is 1.80 bits per heavy atom. The van der Waals surface area contributed by atoms with E-state index in [1.165, 1.54) is 0 Å². The Morgan fingerprint density at radius 3 is 2.20 bits per heavy atom. The Labute approximate surface area is 86.8 Å². The van der Waals surface area contributed by atoms with E-state index in [2.05, 4.69) is 0 Å². The molecule has 1 aliphatic heterocycles. The van der Waals surface area contributed by atoms with Crippen LogP contribution in [0.4, 0.5) is 13.2 Å². The molecule has 0 radical (unpaired) electrons. The number of hydrogen-bond acceptors (Lipinski definition) is 3. The second-order valence-electron chi connectivity index (χ2n) is 4.03. The molecule has 1 saturated heterocycles. The number of β-amino-alcohol motifs (C(OH)–C–C–N with tert-alkyl or cyclic N) is 1. The first-order chi connectivity index (χ1) is 6.79. The Morgan fingerprint density at radius 1 is 1.33 bits per heavy atom. The van der Waals surface area contributed by atoms with E-state index in [0.717, 1.165) is 0 Å². The molecule has 3 nitrogen and oxygen atoms in total. The van der Waals surface area contributed by atoms with Crippen molar-refractivity contribution in [3.8, 4) is 0 Å². The summed E-state index contributed by atoms with van der Waals surface area (Å²) in [5, 5.41) is 8.90. The molecule has 6 heteroatoms. The van der Waals surface area contributed by atoms with Crippen LogP contribution >= 0.6 is 0 Å². The van der Waals surface area contributed by atoms with Gasteiger partial charge in [0.15, 0.2) is 6.10 Å². The molecule has 1 aliphatic rings. The molecule has 1 heterocycles. The molecule has 0 aromatic carbocycles. The van der Waals surface area contributed by atoms with Crippen LogP contribution in [0, 0.1) is 0 Å². The molecule has 1 rings (SSSR count). The number of ether oxygens (including phenoxy) is 1. The highest BCUT2D eigenvalue weighted by atomic mass is 19.4. The molecule has 0 spiro atoms. The van der Waals surface area contributed by atoms with Crippen LogP contribution in [-0.2, 0) is 4.74 Å². The molecule has 0 amide bonds. The van der Waals surface area contributed by atoms with Gasteiger partial charge in [-0.25, -0.2) is 0 Å². The van der Waals surface area contributed by atoms with Gasteiger partial charge >= 0.3 is 6.18 Å². The van der Waals surface area contributed by atoms with Crippen molar-refractivity contribution in [2.45, 2.75) is 38.3 Å². The molecule has 0 bridgehead atoms. The van der Waals surface area contributed by atoms with E-state index in [0.29, 0.717) is 13.1 Å². The second-order valence-corrected chi connectivity index (χ2v) is 4.03. The summed E-state index contributed by atoms with van der Waals surface area (Å²) in [6, 6.07) is 0. The minimum absolute atomic E-state index is 0.0887. The van der Waals surface area contributed by atoms with Crippen LogP contribution in [-0.4, -0.2) is 54.1 Å². The van der Waals surface area contributed by atoms with Crippen molar-refractivity contribution in [1.82, 2.24) is 4.90 Å². The third-order valence-corrected chi connectivity index (χ3v) is 2.30. The van der Waals surface area contributed by atoms with E-state index in [-0.39, 0.29) is 18.8 Å². The zero-order valence-corrected chi connectivity index (χ0v) is 8.79. The van der Waals surface area contributed by atoms with Crippen LogP contribution in [0.2, 0.25) is 0 Å². The lowest BCUT2D eigenvalue weighted by atomic mass is 10.2. The van der Waals surface area contributed by atoms with Crippen molar-refractivity contribution < 1.29 is 23.0 Å². The minimum atomic E-state index is -4.54. The number of rotatable bonds is 2. The first kappa shape index (κ1) is 12.7. The molecule has 0 aromatic rings. The van der Waals surface area contributed by atoms with Crippen LogP contribution in [0.3, 0.4) is 0 Å². The Kier molecular flexibility index (Phi) is 3.97. The van der Waals surface area contributed by atoms with Crippen molar-refractivity contribution in [2.75, 3.05) is 19.6 Å². The van der Waals surface area contributed by atoms with Gasteiger partial charge in [-0.15, -0.1) is 0 Å². The fraction of sp³-hybridized carbons (Fsp3) is 1.00. The average molecular weight is 227 g/mol. The predicted molar refractivity (Wildman–Crippen MR) is 48.5 cm³/mol. The standard InChI is InChI=1S/C9H16F3NO2/c1-6-3-13(4-7(2)15-6)5-8(14)9(10,11)12/h6-8,14H,3-5H2,1-2H3. The predicted octanol–water partition coefficient (Wildman–Crippen LogP) is 1.02. The van der Waals surface area contributed by atoms with Gasteiger partial charge in [0.2, 0.25) is 0 Å². The summed E-state index contributed by atoms with van der Waals surface area (Å²) in [7, 11) is 0. The monoisotopic (exact) mass is 227 g/mol. The fourth-order valence-electron chi connectivity index (χ4n) is 1.78. The summed E-state index contributed by atoms with van der Waals surface area (Å²) < 4.78 is 41.7. The Balaban J connectivity index is 2.44. The third-order valence-electron chi connectivity index (χ3n) is 2.30. The maximum atomic E-state index is 12.1. The van der Waals surface area contributed by atoms with E-state index >= 15 is 0 Å². The molecule has 3 unspecified atom stereocenters. The topological polar surface area (TPSA) is 32.7 Å². The van der Waals surface area contributed by atoms with Crippen LogP contribution < -0.4 is 0 Å². The number of nitrogens with zero attached hydrogens (tertiary/aromatic N) is 1. The largest absolute Gasteiger partial charge is 0.415 e. The SMILES string of the molecule is CC1CN(CC(O)C(F)(F)F)CC(C)O1. The highest BCUT2D eigenvalue weighted by molar-refractivity contribution is 4.77. The van der Waals surface area contributed by atoms with Crippen LogP contribution in [0.1, 0.15) is 13.8 Å². The normalized spacial score (nSPS) is 31.6. The second kappa shape index (κ2) is 4.67. The summed E-state index contributed by atoms with van der Waals surface area (Å²) in [5.74, 6) is 0. The highest BCUT2D eigenvalue weighted by Crippen LogP contribution is 2.22. The number of alkyl halides is 3. The van der Waals surface area contributed by atoms with Gasteiger partial charge in [0.1, 0.15) is 0 Å². The minimum Gasteiger partial charge on any atom is -0.382 e. The van der Waals surface area contributed by atoms with E-state index in [1.807, 2.05) is 13.8 Å². The van der Waals surface area contributed by atoms with E-state index in [4.69, 9.17) is 9.84 Å². The van der Waals surface area contributed by atoms with E-state index in [1.54, 1.807) is 4.90 Å². The van der Waals surface area contributed by atoms with Gasteiger partial charge in [-0.05, 0) is 13.8 Å². The molecule has 3 atom stereocenters. The maximum Gasteiger partial charge on any atom is 0.415 e. The summed E-state index contributed by atoms with van der Waals surface area (Å²) in [5.41, 5.74) is 0. The number of aliphatic hydroxyl groups excluding tert-OH is 1. The summed E-state index contributed by atoms with van der Waals surface area (Å²) in [4.78, 5) is 1.58. The van der Waals surface area contributed by atoms with Gasteiger partial charge in [-0.1, -0.05) is 0 Å². The smallest absolute Gasteiger partial charge is 0.382 e. The molecule has 0 aliphatic carbocycles. The zero-order valence-electron chi connectivity index (χ0n) is 8.79. The summed E-state index contributed by atoms with van der Waals surface area (Å²) in [6.07, 6.45) is -6.98. The molecule has 0 saturated carbocycles. The number of hydrogen-bond donors (Lipinski definition) is 1. The molecule has 0 aromatic heterocycles. The van der Waals surface area contributed by atoms with Gasteiger partial charge in [-0.2, -0.15) is 13.2 Å². The molecular weight excluding hydrogens is 211 g/mol. The zero-order chi connectivity index (χ0) is 11.6. The molecule has 1 fully saturated rings. The average Bonchev–Trinajstić information content (AvgIpc) is 1.99. The lowest BCUT2D eigenvalue weighted by Crippen LogP contribution is -2.50. The van der Waals surface area contributed by atoms with Crippen molar-refractivity contribution in [1.29, 1.82) is 0 Å². The van der Waals surface area contributed by atoms with Crippen LogP contribution in [0.25, 0.3) is 0 Å². The third kappa shape index (κ3) is 3.96. The Hall–Kier alpha value is -0.330. The van der Waals surface area contributed by atoms with Gasteiger partial charge in [0, 0.05) is 19.6 Å². The van der Waals surface area contributed by atoms with Crippen LogP contribution in [0.15, 0.2) is 0 Å². The highest BCUT2D eigenvalue weighted by Gasteiger charge is 2.40. The fourth-order valence-corrected chi connectivity index (χ4v) is 1.78. The lowest BCUT2D eigenvalue weighted by Gasteiger charge is -2.36. The Bertz CT molecular complexity index is 200. The number of halogens is 3. The first-order valence-corrected chi connectivity index (χ1v) is 4.91. The summed E-state index contributed by atoms with van der Waals surface area (Å²) in [6.45, 7) is 4.10. The van der Waals surface area contributed by atoms with Crippen molar-refractivity contribution in [3.05, 3.63) is 0 Å². The van der Waals surface area contributed by atoms with E-state index in [9.17, 15) is 13.2 Å². The molecule has 90 valence electrons. The molecular formula is C9H16F3NO2. The summed E-state index contributed by atoms with van der Waals surface area (Å²) >= 11 is 0. The first-order valence-electron chi connectivity index (χ1n) is 4.91. The van der Waals surface area contributed by atoms with Gasteiger partial charge in [0.25, 0.3) is 0 Å². The lowest BCUT2D eigenvalue weighted by molar-refractivity contribution is -0.212. The molecule has 1 N–H and O–H groups in total. The van der Waals surface area contributed by atoms with Crippen molar-refractivity contribution in [3.63, 3.8) is 0 Å². The van der Waals surface area contributed by atoms with Crippen LogP contribution in [0.5, 0.6) is 0 Å². The molecule has 15 heavy (non-hydrogen) atoms. The van der Waals surface area contributed by atoms with Gasteiger partial charge < -0.3 is 9.84 Å². The van der Waals surface area contributed by atoms with E-state index < -0.39 is 12.3 Å². The quantitative estimate of drug-likeness (QED) is 0.764. The van der Waals surface area contributed by atoms with Gasteiger partial charge in [-0.3, -0.25) is 4.90 Å². The van der Waals surface area contributed by atoms with Gasteiger partial charge in [0.05, 0.1) is 12.2 Å².